The first-order chi connectivity index (χ1) is 16.6. The number of hydrogen-bond acceptors (Lipinski definition) is 7. The van der Waals surface area contributed by atoms with E-state index in [4.69, 9.17) is 21.9 Å². The van der Waals surface area contributed by atoms with E-state index < -0.39 is 0 Å². The Kier molecular flexibility index (Phi) is 6.75. The number of hydrogen-bond donors (Lipinski definition) is 0. The van der Waals surface area contributed by atoms with Crippen LogP contribution in [-0.4, -0.2) is 57.4 Å². The van der Waals surface area contributed by atoms with E-state index in [0.717, 1.165) is 12.8 Å². The van der Waals surface area contributed by atoms with Gasteiger partial charge in [0.25, 0.3) is 11.5 Å². The number of thioether (sulfide) groups is 1. The minimum absolute atomic E-state index is 0.159. The molecule has 7 nitrogen and oxygen atoms in total. The molecule has 34 heavy (non-hydrogen) atoms. The zero-order valence-electron chi connectivity index (χ0n) is 18.6. The van der Waals surface area contributed by atoms with E-state index >= 15 is 0 Å². The maximum atomic E-state index is 13.4. The van der Waals surface area contributed by atoms with Crippen molar-refractivity contribution >= 4 is 51.7 Å². The summed E-state index contributed by atoms with van der Waals surface area (Å²) < 4.78 is 7.51. The molecule has 1 amide bonds. The standard InChI is InChI=1S/C25H24N4O3S2/c30-23-19(22(27-13-15-32-16-14-27)26-21-10-4-5-11-28(21)23)17-20-24(31)29(25(33)34-20)12-6-9-18-7-2-1-3-8-18/h1-5,7-8,10-11,17H,6,9,12-16H2. The molecule has 174 valence electrons. The Hall–Kier alpha value is -3.01. The third-order valence-corrected chi connectivity index (χ3v) is 7.28. The molecule has 0 atom stereocenters. The van der Waals surface area contributed by atoms with Crippen molar-refractivity contribution in [2.75, 3.05) is 37.7 Å². The van der Waals surface area contributed by atoms with Gasteiger partial charge < -0.3 is 9.64 Å². The number of aromatic nitrogens is 2. The van der Waals surface area contributed by atoms with Gasteiger partial charge in [0.15, 0.2) is 0 Å². The Morgan fingerprint density at radius 3 is 2.62 bits per heavy atom. The van der Waals surface area contributed by atoms with Crippen molar-refractivity contribution in [1.29, 1.82) is 0 Å². The molecule has 0 aliphatic carbocycles. The third-order valence-electron chi connectivity index (χ3n) is 5.90. The number of ether oxygens (including phenoxy) is 1. The fraction of sp³-hybridized carbons (Fsp3) is 0.280. The molecule has 0 unspecified atom stereocenters. The smallest absolute Gasteiger partial charge is 0.267 e. The fourth-order valence-corrected chi connectivity index (χ4v) is 5.43. The normalized spacial score (nSPS) is 17.8. The SMILES string of the molecule is O=C1C(=Cc2c(N3CCOCC3)nc3ccccn3c2=O)SC(=S)N1CCCc1ccccc1. The highest BCUT2D eigenvalue weighted by atomic mass is 32.2. The molecule has 0 N–H and O–H groups in total. The monoisotopic (exact) mass is 492 g/mol. The molecule has 0 radical (unpaired) electrons. The van der Waals surface area contributed by atoms with Crippen LogP contribution in [0, 0.1) is 0 Å². The second kappa shape index (κ2) is 10.1. The van der Waals surface area contributed by atoms with Crippen LogP contribution in [0.25, 0.3) is 11.7 Å². The van der Waals surface area contributed by atoms with Gasteiger partial charge in [0.1, 0.15) is 15.8 Å². The number of fused-ring (bicyclic) bond motifs is 1. The minimum Gasteiger partial charge on any atom is -0.378 e. The van der Waals surface area contributed by atoms with Crippen molar-refractivity contribution in [3.63, 3.8) is 0 Å². The number of rotatable bonds is 6. The predicted octanol–water partition coefficient (Wildman–Crippen LogP) is 3.37. The van der Waals surface area contributed by atoms with Gasteiger partial charge in [-0.2, -0.15) is 0 Å². The lowest BCUT2D eigenvalue weighted by Crippen LogP contribution is -2.38. The highest BCUT2D eigenvalue weighted by molar-refractivity contribution is 8.26. The lowest BCUT2D eigenvalue weighted by molar-refractivity contribution is -0.122. The Labute approximate surface area is 207 Å². The molecule has 1 aromatic carbocycles. The number of benzene rings is 1. The number of carbonyl (C=O) groups excluding carboxylic acids is 1. The first-order valence-corrected chi connectivity index (χ1v) is 12.5. The molecule has 5 rings (SSSR count). The van der Waals surface area contributed by atoms with E-state index in [-0.39, 0.29) is 11.5 Å². The van der Waals surface area contributed by atoms with E-state index in [1.807, 2.05) is 29.2 Å². The second-order valence-corrected chi connectivity index (χ2v) is 9.78. The molecule has 2 aliphatic heterocycles. The number of anilines is 1. The summed E-state index contributed by atoms with van der Waals surface area (Å²) in [4.78, 5) is 35.5. The van der Waals surface area contributed by atoms with Crippen molar-refractivity contribution in [3.05, 3.63) is 81.1 Å². The fourth-order valence-electron chi connectivity index (χ4n) is 4.14. The summed E-state index contributed by atoms with van der Waals surface area (Å²) in [6.07, 6.45) is 5.03. The molecule has 3 aromatic rings. The second-order valence-electron chi connectivity index (χ2n) is 8.10. The lowest BCUT2D eigenvalue weighted by atomic mass is 10.1. The highest BCUT2D eigenvalue weighted by Crippen LogP contribution is 2.33. The number of thiocarbonyl (C=S) groups is 1. The van der Waals surface area contributed by atoms with Crippen LogP contribution in [0.3, 0.4) is 0 Å². The third kappa shape index (κ3) is 4.64. The Morgan fingerprint density at radius 2 is 1.82 bits per heavy atom. The van der Waals surface area contributed by atoms with Gasteiger partial charge in [-0.25, -0.2) is 4.98 Å². The molecule has 2 saturated heterocycles. The van der Waals surface area contributed by atoms with Crippen molar-refractivity contribution in [3.8, 4) is 0 Å². The van der Waals surface area contributed by atoms with Crippen molar-refractivity contribution in [2.24, 2.45) is 0 Å². The maximum absolute atomic E-state index is 13.4. The van der Waals surface area contributed by atoms with Gasteiger partial charge in [-0.3, -0.25) is 18.9 Å². The first-order valence-electron chi connectivity index (χ1n) is 11.3. The molecule has 4 heterocycles. The average Bonchev–Trinajstić information content (AvgIpc) is 3.14. The maximum Gasteiger partial charge on any atom is 0.267 e. The van der Waals surface area contributed by atoms with E-state index in [1.54, 1.807) is 29.3 Å². The van der Waals surface area contributed by atoms with Crippen LogP contribution in [0.1, 0.15) is 17.5 Å². The summed E-state index contributed by atoms with van der Waals surface area (Å²) in [6.45, 7) is 2.95. The number of morpholine rings is 1. The van der Waals surface area contributed by atoms with Crippen LogP contribution in [-0.2, 0) is 16.0 Å². The van der Waals surface area contributed by atoms with Crippen molar-refractivity contribution < 1.29 is 9.53 Å². The van der Waals surface area contributed by atoms with Gasteiger partial charge >= 0.3 is 0 Å². The summed E-state index contributed by atoms with van der Waals surface area (Å²) in [5.74, 6) is 0.419. The number of nitrogens with zero attached hydrogens (tertiary/aromatic N) is 4. The average molecular weight is 493 g/mol. The van der Waals surface area contributed by atoms with E-state index in [2.05, 4.69) is 12.1 Å². The van der Waals surface area contributed by atoms with Crippen LogP contribution >= 0.6 is 24.0 Å². The number of aryl methyl sites for hydroxylation is 1. The molecule has 2 fully saturated rings. The summed E-state index contributed by atoms with van der Waals surface area (Å²) in [6, 6.07) is 15.6. The number of amides is 1. The predicted molar refractivity (Wildman–Crippen MR) is 139 cm³/mol. The largest absolute Gasteiger partial charge is 0.378 e. The van der Waals surface area contributed by atoms with Crippen LogP contribution in [0.2, 0.25) is 0 Å². The minimum atomic E-state index is -0.207. The zero-order chi connectivity index (χ0) is 23.5. The Morgan fingerprint density at radius 1 is 1.06 bits per heavy atom. The molecule has 0 spiro atoms. The van der Waals surface area contributed by atoms with Crippen molar-refractivity contribution in [2.45, 2.75) is 12.8 Å². The Balaban J connectivity index is 1.44. The van der Waals surface area contributed by atoms with Crippen molar-refractivity contribution in [1.82, 2.24) is 14.3 Å². The van der Waals surface area contributed by atoms with Gasteiger partial charge in [0, 0.05) is 25.8 Å². The first kappa shape index (κ1) is 22.8. The lowest BCUT2D eigenvalue weighted by Gasteiger charge is -2.29. The molecule has 0 saturated carbocycles. The summed E-state index contributed by atoms with van der Waals surface area (Å²) in [5.41, 5.74) is 1.99. The Bertz CT molecular complexity index is 1320. The van der Waals surface area contributed by atoms with E-state index in [9.17, 15) is 9.59 Å². The van der Waals surface area contributed by atoms with Gasteiger partial charge in [-0.1, -0.05) is 60.4 Å². The topological polar surface area (TPSA) is 67.2 Å². The van der Waals surface area contributed by atoms with Crippen LogP contribution < -0.4 is 10.5 Å². The van der Waals surface area contributed by atoms with E-state index in [0.29, 0.717) is 59.1 Å². The molecular formula is C25H24N4O3S2. The quantitative estimate of drug-likeness (QED) is 0.386. The number of carbonyl (C=O) groups is 1. The molecule has 2 aliphatic rings. The summed E-state index contributed by atoms with van der Waals surface area (Å²) >= 11 is 6.75. The van der Waals surface area contributed by atoms with Gasteiger partial charge in [0.2, 0.25) is 0 Å². The summed E-state index contributed by atoms with van der Waals surface area (Å²) in [7, 11) is 0. The van der Waals surface area contributed by atoms with Gasteiger partial charge in [0.05, 0.1) is 23.7 Å². The molecular weight excluding hydrogens is 468 g/mol. The van der Waals surface area contributed by atoms with Crippen LogP contribution in [0.5, 0.6) is 0 Å². The van der Waals surface area contributed by atoms with Gasteiger partial charge in [-0.05, 0) is 36.6 Å². The van der Waals surface area contributed by atoms with Gasteiger partial charge in [-0.15, -0.1) is 0 Å². The zero-order valence-corrected chi connectivity index (χ0v) is 20.2. The molecule has 9 heteroatoms. The molecule has 0 bridgehead atoms. The summed E-state index contributed by atoms with van der Waals surface area (Å²) in [5, 5.41) is 0. The van der Waals surface area contributed by atoms with Crippen LogP contribution in [0.15, 0.2) is 64.4 Å². The molecule has 2 aromatic heterocycles. The highest BCUT2D eigenvalue weighted by Gasteiger charge is 2.32. The number of pyridine rings is 1. The van der Waals surface area contributed by atoms with Crippen LogP contribution in [0.4, 0.5) is 5.82 Å². The van der Waals surface area contributed by atoms with E-state index in [1.165, 1.54) is 21.7 Å².